The maximum absolute atomic E-state index is 12.9. The first-order chi connectivity index (χ1) is 6.80. The van der Waals surface area contributed by atoms with Crippen LogP contribution < -0.4 is 5.30 Å². The monoisotopic (exact) mass is 226 g/mol. The second-order valence-corrected chi connectivity index (χ2v) is 8.72. The van der Waals surface area contributed by atoms with Gasteiger partial charge in [0.25, 0.3) is 0 Å². The molecule has 1 N–H and O–H groups in total. The van der Waals surface area contributed by atoms with E-state index in [0.29, 0.717) is 0 Å². The summed E-state index contributed by atoms with van der Waals surface area (Å²) in [7, 11) is -2.77. The van der Waals surface area contributed by atoms with Crippen LogP contribution in [-0.2, 0) is 4.57 Å². The van der Waals surface area contributed by atoms with Crippen LogP contribution in [0.5, 0.6) is 0 Å². The third-order valence-corrected chi connectivity index (χ3v) is 6.77. The van der Waals surface area contributed by atoms with E-state index >= 15 is 0 Å². The fourth-order valence-corrected chi connectivity index (χ4v) is 4.76. The van der Waals surface area contributed by atoms with Gasteiger partial charge in [-0.05, 0) is 6.92 Å². The normalized spacial score (nSPS) is 18.2. The van der Waals surface area contributed by atoms with E-state index in [-0.39, 0.29) is 0 Å². The molecule has 0 aliphatic rings. The van der Waals surface area contributed by atoms with Crippen molar-refractivity contribution in [3.8, 4) is 0 Å². The molecule has 84 valence electrons. The van der Waals surface area contributed by atoms with Crippen molar-refractivity contribution in [2.75, 3.05) is 0 Å². The molecular formula is C12H19O2P. The Hall–Kier alpha value is -0.590. The van der Waals surface area contributed by atoms with Crippen molar-refractivity contribution in [3.05, 3.63) is 30.3 Å². The molecule has 2 atom stereocenters. The molecule has 0 bridgehead atoms. The SMILES string of the molecule is CC(O)[P@@](=O)(c1ccccc1)C(C)(C)C. The van der Waals surface area contributed by atoms with Gasteiger partial charge in [-0.1, -0.05) is 51.1 Å². The molecule has 0 aliphatic heterocycles. The van der Waals surface area contributed by atoms with Crippen LogP contribution in [0, 0.1) is 0 Å². The molecule has 1 aromatic rings. The fourth-order valence-electron chi connectivity index (χ4n) is 1.81. The molecule has 0 fully saturated rings. The standard InChI is InChI=1S/C12H19O2P/c1-10(13)15(14,12(2,3)4)11-8-6-5-7-9-11/h5-10,13H,1-4H3/t10?,15-/m1/s1. The van der Waals surface area contributed by atoms with Gasteiger partial charge in [-0.2, -0.15) is 0 Å². The smallest absolute Gasteiger partial charge is 0.147 e. The molecule has 0 amide bonds. The predicted molar refractivity (Wildman–Crippen MR) is 65.1 cm³/mol. The molecule has 0 saturated heterocycles. The summed E-state index contributed by atoms with van der Waals surface area (Å²) in [5.74, 6) is -0.806. The summed E-state index contributed by atoms with van der Waals surface area (Å²) in [6.07, 6.45) is 0. The van der Waals surface area contributed by atoms with Crippen LogP contribution in [0.4, 0.5) is 0 Å². The average molecular weight is 226 g/mol. The summed E-state index contributed by atoms with van der Waals surface area (Å²) in [5.41, 5.74) is 0. The summed E-state index contributed by atoms with van der Waals surface area (Å²) in [4.78, 5) is 0. The number of rotatable bonds is 2. The summed E-state index contributed by atoms with van der Waals surface area (Å²) in [5, 5.41) is 10.1. The Morgan fingerprint density at radius 1 is 1.20 bits per heavy atom. The van der Waals surface area contributed by atoms with Gasteiger partial charge < -0.3 is 9.67 Å². The Balaban J connectivity index is 3.33. The zero-order chi connectivity index (χ0) is 11.7. The van der Waals surface area contributed by atoms with E-state index in [2.05, 4.69) is 0 Å². The maximum atomic E-state index is 12.9. The highest BCUT2D eigenvalue weighted by Crippen LogP contribution is 2.59. The van der Waals surface area contributed by atoms with Crippen LogP contribution in [-0.4, -0.2) is 16.1 Å². The lowest BCUT2D eigenvalue weighted by Crippen LogP contribution is -2.29. The van der Waals surface area contributed by atoms with Crippen molar-refractivity contribution in [1.82, 2.24) is 0 Å². The number of benzene rings is 1. The Labute approximate surface area is 91.7 Å². The van der Waals surface area contributed by atoms with Gasteiger partial charge in [-0.25, -0.2) is 0 Å². The molecule has 0 heterocycles. The molecule has 1 rings (SSSR count). The first-order valence-corrected chi connectivity index (χ1v) is 6.91. The molecule has 0 aliphatic carbocycles. The minimum absolute atomic E-state index is 0.414. The second kappa shape index (κ2) is 4.11. The topological polar surface area (TPSA) is 37.3 Å². The first-order valence-electron chi connectivity index (χ1n) is 5.13. The van der Waals surface area contributed by atoms with E-state index in [4.69, 9.17) is 0 Å². The van der Waals surface area contributed by atoms with Crippen LogP contribution in [0.15, 0.2) is 30.3 Å². The van der Waals surface area contributed by atoms with Gasteiger partial charge in [0.05, 0.1) is 0 Å². The van der Waals surface area contributed by atoms with E-state index in [1.165, 1.54) is 0 Å². The Morgan fingerprint density at radius 3 is 2.00 bits per heavy atom. The van der Waals surface area contributed by atoms with Gasteiger partial charge in [-0.3, -0.25) is 0 Å². The van der Waals surface area contributed by atoms with Gasteiger partial charge in [0.15, 0.2) is 0 Å². The van der Waals surface area contributed by atoms with E-state index in [1.807, 2.05) is 51.1 Å². The lowest BCUT2D eigenvalue weighted by molar-refractivity contribution is 0.265. The molecule has 0 radical (unpaired) electrons. The summed E-state index contributed by atoms with van der Waals surface area (Å²) in [6.45, 7) is 7.34. The third kappa shape index (κ3) is 2.16. The third-order valence-electron chi connectivity index (χ3n) is 2.66. The minimum Gasteiger partial charge on any atom is -0.385 e. The molecule has 3 heteroatoms. The summed E-state index contributed by atoms with van der Waals surface area (Å²) in [6, 6.07) is 9.27. The summed E-state index contributed by atoms with van der Waals surface area (Å²) < 4.78 is 12.9. The highest BCUT2D eigenvalue weighted by atomic mass is 31.2. The largest absolute Gasteiger partial charge is 0.385 e. The maximum Gasteiger partial charge on any atom is 0.147 e. The van der Waals surface area contributed by atoms with Gasteiger partial charge in [0, 0.05) is 10.5 Å². The van der Waals surface area contributed by atoms with E-state index < -0.39 is 18.1 Å². The van der Waals surface area contributed by atoms with Gasteiger partial charge in [-0.15, -0.1) is 0 Å². The number of aliphatic hydroxyl groups is 1. The first kappa shape index (κ1) is 12.5. The van der Waals surface area contributed by atoms with Crippen molar-refractivity contribution in [2.24, 2.45) is 0 Å². The van der Waals surface area contributed by atoms with Crippen LogP contribution in [0.25, 0.3) is 0 Å². The van der Waals surface area contributed by atoms with Crippen molar-refractivity contribution < 1.29 is 9.67 Å². The molecule has 0 spiro atoms. The van der Waals surface area contributed by atoms with Crippen LogP contribution in [0.3, 0.4) is 0 Å². The highest BCUT2D eigenvalue weighted by molar-refractivity contribution is 7.73. The molecule has 0 saturated carbocycles. The number of hydrogen-bond acceptors (Lipinski definition) is 2. The van der Waals surface area contributed by atoms with Crippen molar-refractivity contribution in [3.63, 3.8) is 0 Å². The Morgan fingerprint density at radius 2 is 1.67 bits per heavy atom. The lowest BCUT2D eigenvalue weighted by atomic mass is 10.3. The number of aliphatic hydroxyl groups excluding tert-OH is 1. The molecule has 1 unspecified atom stereocenters. The highest BCUT2D eigenvalue weighted by Gasteiger charge is 2.41. The minimum atomic E-state index is -2.77. The van der Waals surface area contributed by atoms with Gasteiger partial charge in [0.1, 0.15) is 13.0 Å². The zero-order valence-electron chi connectivity index (χ0n) is 9.77. The Bertz CT molecular complexity index is 363. The molecule has 15 heavy (non-hydrogen) atoms. The van der Waals surface area contributed by atoms with Crippen molar-refractivity contribution >= 4 is 12.4 Å². The van der Waals surface area contributed by atoms with E-state index in [0.717, 1.165) is 5.30 Å². The molecule has 2 nitrogen and oxygen atoms in total. The van der Waals surface area contributed by atoms with Crippen molar-refractivity contribution in [1.29, 1.82) is 0 Å². The van der Waals surface area contributed by atoms with Gasteiger partial charge >= 0.3 is 0 Å². The van der Waals surface area contributed by atoms with E-state index in [9.17, 15) is 9.67 Å². The van der Waals surface area contributed by atoms with Crippen LogP contribution >= 0.6 is 7.14 Å². The quantitative estimate of drug-likeness (QED) is 0.787. The molecular weight excluding hydrogens is 207 g/mol. The second-order valence-electron chi connectivity index (χ2n) is 4.80. The van der Waals surface area contributed by atoms with Gasteiger partial charge in [0.2, 0.25) is 0 Å². The molecule has 1 aromatic carbocycles. The zero-order valence-corrected chi connectivity index (χ0v) is 10.7. The van der Waals surface area contributed by atoms with E-state index in [1.54, 1.807) is 6.92 Å². The average Bonchev–Trinajstić information content (AvgIpc) is 2.16. The summed E-state index contributed by atoms with van der Waals surface area (Å²) >= 11 is 0. The number of hydrogen-bond donors (Lipinski definition) is 1. The van der Waals surface area contributed by atoms with Crippen molar-refractivity contribution in [2.45, 2.75) is 38.7 Å². The van der Waals surface area contributed by atoms with Crippen LogP contribution in [0.2, 0.25) is 0 Å². The molecule has 0 aromatic heterocycles. The Kier molecular flexibility index (Phi) is 3.42. The van der Waals surface area contributed by atoms with Crippen LogP contribution in [0.1, 0.15) is 27.7 Å². The lowest BCUT2D eigenvalue weighted by Gasteiger charge is -2.33. The predicted octanol–water partition coefficient (Wildman–Crippen LogP) is 2.81. The fraction of sp³-hybridized carbons (Fsp3) is 0.500.